The van der Waals surface area contributed by atoms with E-state index in [1.807, 2.05) is 0 Å². The molecular formula is C13H22N4O3. The van der Waals surface area contributed by atoms with Crippen molar-refractivity contribution in [2.24, 2.45) is 0 Å². The number of amides is 1. The summed E-state index contributed by atoms with van der Waals surface area (Å²) in [4.78, 5) is 31.0. The van der Waals surface area contributed by atoms with Gasteiger partial charge < -0.3 is 20.3 Å². The lowest BCUT2D eigenvalue weighted by molar-refractivity contribution is 0.0685. The van der Waals surface area contributed by atoms with Crippen molar-refractivity contribution in [1.29, 1.82) is 0 Å². The third-order valence-corrected chi connectivity index (χ3v) is 3.17. The van der Waals surface area contributed by atoms with E-state index >= 15 is 0 Å². The number of aromatic nitrogens is 2. The Morgan fingerprint density at radius 2 is 2.15 bits per heavy atom. The standard InChI is InChI=1S/C13H22N4O3/c1-9(2)17(3)7-5-4-6-14-12(18)10-11(13(19)20)16-8-15-10/h8-9H,4-7H2,1-3H3,(H,14,18)(H,15,16)(H,19,20). The molecule has 0 unspecified atom stereocenters. The lowest BCUT2D eigenvalue weighted by Crippen LogP contribution is -2.29. The van der Waals surface area contributed by atoms with E-state index in [0.29, 0.717) is 12.6 Å². The second-order valence-corrected chi connectivity index (χ2v) is 4.97. The minimum atomic E-state index is -1.19. The van der Waals surface area contributed by atoms with Crippen molar-refractivity contribution < 1.29 is 14.7 Å². The van der Waals surface area contributed by atoms with Gasteiger partial charge in [-0.3, -0.25) is 4.79 Å². The van der Waals surface area contributed by atoms with Crippen LogP contribution in [0.3, 0.4) is 0 Å². The van der Waals surface area contributed by atoms with Gasteiger partial charge in [0.05, 0.1) is 6.33 Å². The lowest BCUT2D eigenvalue weighted by Gasteiger charge is -2.20. The van der Waals surface area contributed by atoms with Crippen molar-refractivity contribution in [3.8, 4) is 0 Å². The van der Waals surface area contributed by atoms with Gasteiger partial charge in [-0.1, -0.05) is 0 Å². The topological polar surface area (TPSA) is 98.3 Å². The van der Waals surface area contributed by atoms with E-state index in [-0.39, 0.29) is 11.4 Å². The third kappa shape index (κ3) is 4.65. The molecule has 112 valence electrons. The first kappa shape index (κ1) is 16.2. The first-order valence-electron chi connectivity index (χ1n) is 6.68. The van der Waals surface area contributed by atoms with Crippen molar-refractivity contribution in [3.63, 3.8) is 0 Å². The number of nitrogens with zero attached hydrogens (tertiary/aromatic N) is 2. The molecule has 0 saturated carbocycles. The number of unbranched alkanes of at least 4 members (excludes halogenated alkanes) is 1. The van der Waals surface area contributed by atoms with Crippen LogP contribution in [0.2, 0.25) is 0 Å². The van der Waals surface area contributed by atoms with Crippen molar-refractivity contribution in [3.05, 3.63) is 17.7 Å². The number of carboxylic acids is 1. The molecule has 0 aliphatic heterocycles. The fraction of sp³-hybridized carbons (Fsp3) is 0.615. The van der Waals surface area contributed by atoms with Gasteiger partial charge in [0.25, 0.3) is 5.91 Å². The summed E-state index contributed by atoms with van der Waals surface area (Å²) < 4.78 is 0. The third-order valence-electron chi connectivity index (χ3n) is 3.17. The van der Waals surface area contributed by atoms with Crippen LogP contribution in [0.5, 0.6) is 0 Å². The molecule has 20 heavy (non-hydrogen) atoms. The van der Waals surface area contributed by atoms with Crippen molar-refractivity contribution >= 4 is 11.9 Å². The number of nitrogens with one attached hydrogen (secondary N) is 2. The van der Waals surface area contributed by atoms with Crippen LogP contribution in [0.25, 0.3) is 0 Å². The van der Waals surface area contributed by atoms with Crippen LogP contribution in [0.15, 0.2) is 6.33 Å². The monoisotopic (exact) mass is 282 g/mol. The fourth-order valence-electron chi connectivity index (χ4n) is 1.66. The molecule has 0 saturated heterocycles. The van der Waals surface area contributed by atoms with Crippen molar-refractivity contribution in [1.82, 2.24) is 20.2 Å². The molecule has 1 amide bonds. The highest BCUT2D eigenvalue weighted by molar-refractivity contribution is 6.02. The number of H-pyrrole nitrogens is 1. The summed E-state index contributed by atoms with van der Waals surface area (Å²) in [5, 5.41) is 11.5. The Balaban J connectivity index is 2.30. The van der Waals surface area contributed by atoms with E-state index < -0.39 is 11.9 Å². The van der Waals surface area contributed by atoms with Crippen LogP contribution in [-0.2, 0) is 0 Å². The van der Waals surface area contributed by atoms with Gasteiger partial charge in [-0.15, -0.1) is 0 Å². The van der Waals surface area contributed by atoms with Crippen LogP contribution in [0.1, 0.15) is 47.7 Å². The highest BCUT2D eigenvalue weighted by atomic mass is 16.4. The molecule has 7 nitrogen and oxygen atoms in total. The van der Waals surface area contributed by atoms with Crippen molar-refractivity contribution in [2.45, 2.75) is 32.7 Å². The number of rotatable bonds is 8. The van der Waals surface area contributed by atoms with Gasteiger partial charge in [0.2, 0.25) is 0 Å². The first-order valence-corrected chi connectivity index (χ1v) is 6.68. The molecule has 0 atom stereocenters. The number of hydrogen-bond acceptors (Lipinski definition) is 4. The Kier molecular flexibility index (Phi) is 6.17. The maximum Gasteiger partial charge on any atom is 0.354 e. The maximum atomic E-state index is 11.8. The normalized spacial score (nSPS) is 11.1. The predicted octanol–water partition coefficient (Wildman–Crippen LogP) is 0.958. The number of carbonyl (C=O) groups is 2. The van der Waals surface area contributed by atoms with Crippen LogP contribution in [0.4, 0.5) is 0 Å². The Labute approximate surface area is 118 Å². The quantitative estimate of drug-likeness (QED) is 0.617. The second kappa shape index (κ2) is 7.64. The van der Waals surface area contributed by atoms with E-state index in [1.54, 1.807) is 0 Å². The van der Waals surface area contributed by atoms with E-state index in [1.165, 1.54) is 6.33 Å². The smallest absolute Gasteiger partial charge is 0.354 e. The number of carbonyl (C=O) groups excluding carboxylic acids is 1. The molecule has 1 aromatic rings. The molecule has 7 heteroatoms. The van der Waals surface area contributed by atoms with Gasteiger partial charge in [0.1, 0.15) is 0 Å². The molecule has 0 aliphatic carbocycles. The van der Waals surface area contributed by atoms with Gasteiger partial charge in [0.15, 0.2) is 11.4 Å². The van der Waals surface area contributed by atoms with Gasteiger partial charge in [-0.05, 0) is 40.3 Å². The van der Waals surface area contributed by atoms with E-state index in [2.05, 4.69) is 41.1 Å². The summed E-state index contributed by atoms with van der Waals surface area (Å²) in [5.41, 5.74) is -0.251. The van der Waals surface area contributed by atoms with Gasteiger partial charge in [0, 0.05) is 12.6 Å². The zero-order valence-electron chi connectivity index (χ0n) is 12.1. The molecule has 0 aliphatic rings. The molecule has 3 N–H and O–H groups in total. The minimum absolute atomic E-state index is 0.0724. The zero-order valence-corrected chi connectivity index (χ0v) is 12.1. The number of aromatic carboxylic acids is 1. The zero-order chi connectivity index (χ0) is 15.1. The van der Waals surface area contributed by atoms with E-state index in [9.17, 15) is 9.59 Å². The molecule has 1 aromatic heterocycles. The second-order valence-electron chi connectivity index (χ2n) is 4.97. The predicted molar refractivity (Wildman–Crippen MR) is 74.9 cm³/mol. The molecular weight excluding hydrogens is 260 g/mol. The van der Waals surface area contributed by atoms with E-state index in [4.69, 9.17) is 5.11 Å². The number of imidazole rings is 1. The first-order chi connectivity index (χ1) is 9.43. The summed E-state index contributed by atoms with van der Waals surface area (Å²) in [5.74, 6) is -1.65. The maximum absolute atomic E-state index is 11.8. The van der Waals surface area contributed by atoms with Crippen LogP contribution >= 0.6 is 0 Å². The molecule has 0 spiro atoms. The molecule has 0 bridgehead atoms. The molecule has 0 fully saturated rings. The number of aromatic amines is 1. The van der Waals surface area contributed by atoms with Gasteiger partial charge in [-0.2, -0.15) is 0 Å². The lowest BCUT2D eigenvalue weighted by atomic mass is 10.2. The average molecular weight is 282 g/mol. The van der Waals surface area contributed by atoms with Gasteiger partial charge >= 0.3 is 5.97 Å². The van der Waals surface area contributed by atoms with Crippen LogP contribution < -0.4 is 5.32 Å². The molecule has 1 heterocycles. The fourth-order valence-corrected chi connectivity index (χ4v) is 1.66. The number of carboxylic acid groups (broad SMARTS) is 1. The van der Waals surface area contributed by atoms with Crippen molar-refractivity contribution in [2.75, 3.05) is 20.1 Å². The summed E-state index contributed by atoms with van der Waals surface area (Å²) in [7, 11) is 2.06. The summed E-state index contributed by atoms with van der Waals surface area (Å²) in [6.07, 6.45) is 3.02. The summed E-state index contributed by atoms with van der Waals surface area (Å²) >= 11 is 0. The molecule has 1 rings (SSSR count). The highest BCUT2D eigenvalue weighted by Gasteiger charge is 2.18. The van der Waals surface area contributed by atoms with Crippen LogP contribution in [-0.4, -0.2) is 58.0 Å². The Hall–Kier alpha value is -1.89. The Morgan fingerprint density at radius 1 is 1.45 bits per heavy atom. The average Bonchev–Trinajstić information content (AvgIpc) is 2.87. The summed E-state index contributed by atoms with van der Waals surface area (Å²) in [6, 6.07) is 0.506. The largest absolute Gasteiger partial charge is 0.477 e. The Bertz CT molecular complexity index is 456. The molecule has 0 radical (unpaired) electrons. The minimum Gasteiger partial charge on any atom is -0.477 e. The SMILES string of the molecule is CC(C)N(C)CCCCNC(=O)c1nc[nH]c1C(=O)O. The number of hydrogen-bond donors (Lipinski definition) is 3. The summed E-state index contributed by atoms with van der Waals surface area (Å²) in [6.45, 7) is 5.74. The van der Waals surface area contributed by atoms with Crippen LogP contribution in [0, 0.1) is 0 Å². The van der Waals surface area contributed by atoms with Gasteiger partial charge in [-0.25, -0.2) is 9.78 Å². The highest BCUT2D eigenvalue weighted by Crippen LogP contribution is 2.03. The Morgan fingerprint density at radius 3 is 2.75 bits per heavy atom. The van der Waals surface area contributed by atoms with E-state index in [0.717, 1.165) is 19.4 Å². The molecule has 0 aromatic carbocycles.